The van der Waals surface area contributed by atoms with Gasteiger partial charge in [-0.2, -0.15) is 0 Å². The minimum absolute atomic E-state index is 0.642. The number of benzene rings is 1. The van der Waals surface area contributed by atoms with E-state index in [0.717, 1.165) is 5.56 Å². The van der Waals surface area contributed by atoms with E-state index in [2.05, 4.69) is 0 Å². The van der Waals surface area contributed by atoms with Gasteiger partial charge in [-0.1, -0.05) is 26.0 Å². The molecule has 0 amide bonds. The normalized spacial score (nSPS) is 13.2. The molecule has 0 saturated carbocycles. The lowest BCUT2D eigenvalue weighted by atomic mass is 9.79. The summed E-state index contributed by atoms with van der Waals surface area (Å²) in [5.41, 5.74) is -0.137. The van der Waals surface area contributed by atoms with Crippen molar-refractivity contribution >= 4 is 5.97 Å². The lowest BCUT2D eigenvalue weighted by molar-refractivity contribution is -0.150. The van der Waals surface area contributed by atoms with Gasteiger partial charge in [-0.05, 0) is 17.7 Å². The van der Waals surface area contributed by atoms with Crippen LogP contribution in [0.1, 0.15) is 19.4 Å². The number of ether oxygens (including phenoxy) is 1. The van der Waals surface area contributed by atoms with Gasteiger partial charge in [0.1, 0.15) is 5.75 Å². The van der Waals surface area contributed by atoms with Crippen LogP contribution in [-0.2, 0) is 10.2 Å². The van der Waals surface area contributed by atoms with Gasteiger partial charge in [0.05, 0.1) is 7.11 Å². The average Bonchev–Trinajstić information content (AvgIpc) is 2.27. The molecule has 0 heterocycles. The Kier molecular flexibility index (Phi) is 3.55. The lowest BCUT2D eigenvalue weighted by Crippen LogP contribution is -2.39. The monoisotopic (exact) mass is 224 g/mol. The highest BCUT2D eigenvalue weighted by molar-refractivity contribution is 5.74. The van der Waals surface area contributed by atoms with Crippen LogP contribution in [0.15, 0.2) is 24.3 Å². The van der Waals surface area contributed by atoms with Gasteiger partial charge in [0.2, 0.25) is 0 Å². The van der Waals surface area contributed by atoms with Gasteiger partial charge in [-0.15, -0.1) is 0 Å². The molecule has 1 aromatic rings. The molecular formula is C12H16O4. The summed E-state index contributed by atoms with van der Waals surface area (Å²) in [4.78, 5) is 10.8. The van der Waals surface area contributed by atoms with Crippen LogP contribution in [0.5, 0.6) is 5.75 Å². The Balaban J connectivity index is 3.10. The maximum Gasteiger partial charge on any atom is 0.333 e. The van der Waals surface area contributed by atoms with Crippen LogP contribution in [0.2, 0.25) is 0 Å². The summed E-state index contributed by atoms with van der Waals surface area (Å²) in [6.45, 7) is 3.36. The number of aliphatic carboxylic acids is 1. The van der Waals surface area contributed by atoms with Gasteiger partial charge in [0.15, 0.2) is 6.10 Å². The average molecular weight is 224 g/mol. The first kappa shape index (κ1) is 12.5. The Labute approximate surface area is 94.5 Å². The van der Waals surface area contributed by atoms with Crippen LogP contribution < -0.4 is 4.74 Å². The molecule has 4 heteroatoms. The van der Waals surface area contributed by atoms with Crippen LogP contribution in [0, 0.1) is 0 Å². The van der Waals surface area contributed by atoms with Gasteiger partial charge < -0.3 is 14.9 Å². The first-order chi connectivity index (χ1) is 7.39. The molecule has 1 rings (SSSR count). The number of hydrogen-bond donors (Lipinski definition) is 2. The number of hydrogen-bond acceptors (Lipinski definition) is 3. The van der Waals surface area contributed by atoms with E-state index in [1.165, 1.54) is 0 Å². The van der Waals surface area contributed by atoms with Crippen LogP contribution in [0.25, 0.3) is 0 Å². The van der Waals surface area contributed by atoms with E-state index < -0.39 is 17.5 Å². The summed E-state index contributed by atoms with van der Waals surface area (Å²) in [6.07, 6.45) is -1.44. The van der Waals surface area contributed by atoms with Crippen molar-refractivity contribution in [3.63, 3.8) is 0 Å². The minimum Gasteiger partial charge on any atom is -0.497 e. The summed E-state index contributed by atoms with van der Waals surface area (Å²) in [5, 5.41) is 18.5. The molecule has 1 unspecified atom stereocenters. The number of carbonyl (C=O) groups is 1. The van der Waals surface area contributed by atoms with Crippen LogP contribution >= 0.6 is 0 Å². The fourth-order valence-corrected chi connectivity index (χ4v) is 1.49. The second-order valence-corrected chi connectivity index (χ2v) is 4.19. The molecule has 1 atom stereocenters. The number of rotatable bonds is 4. The van der Waals surface area contributed by atoms with Crippen molar-refractivity contribution < 1.29 is 19.7 Å². The summed E-state index contributed by atoms with van der Waals surface area (Å²) in [5.74, 6) is -0.587. The molecule has 0 fully saturated rings. The second-order valence-electron chi connectivity index (χ2n) is 4.19. The Hall–Kier alpha value is -1.55. The minimum atomic E-state index is -1.44. The molecule has 0 bridgehead atoms. The fraction of sp³-hybridized carbons (Fsp3) is 0.417. The molecule has 0 aliphatic heterocycles. The van der Waals surface area contributed by atoms with E-state index in [1.54, 1.807) is 45.2 Å². The standard InChI is InChI=1S/C12H16O4/c1-12(2,10(13)11(14)15)8-5-4-6-9(7-8)16-3/h4-7,10,13H,1-3H3,(H,14,15). The molecule has 16 heavy (non-hydrogen) atoms. The molecular weight excluding hydrogens is 208 g/mol. The second kappa shape index (κ2) is 4.53. The molecule has 0 aliphatic carbocycles. The maximum atomic E-state index is 10.8. The first-order valence-corrected chi connectivity index (χ1v) is 4.95. The molecule has 88 valence electrons. The van der Waals surface area contributed by atoms with Crippen LogP contribution in [0.4, 0.5) is 0 Å². The van der Waals surface area contributed by atoms with E-state index in [9.17, 15) is 9.90 Å². The van der Waals surface area contributed by atoms with Crippen LogP contribution in [-0.4, -0.2) is 29.4 Å². The van der Waals surface area contributed by atoms with E-state index in [0.29, 0.717) is 5.75 Å². The molecule has 0 spiro atoms. The molecule has 2 N–H and O–H groups in total. The fourth-order valence-electron chi connectivity index (χ4n) is 1.49. The highest BCUT2D eigenvalue weighted by Gasteiger charge is 2.35. The van der Waals surface area contributed by atoms with Crippen molar-refractivity contribution in [2.45, 2.75) is 25.4 Å². The van der Waals surface area contributed by atoms with Gasteiger partial charge in [0.25, 0.3) is 0 Å². The third kappa shape index (κ3) is 2.33. The summed E-state index contributed by atoms with van der Waals surface area (Å²) in [6, 6.07) is 7.04. The zero-order valence-electron chi connectivity index (χ0n) is 9.60. The molecule has 0 radical (unpaired) electrons. The number of methoxy groups -OCH3 is 1. The summed E-state index contributed by atoms with van der Waals surface area (Å²) in [7, 11) is 1.54. The van der Waals surface area contributed by atoms with Gasteiger partial charge in [0, 0.05) is 5.41 Å². The molecule has 4 nitrogen and oxygen atoms in total. The zero-order valence-corrected chi connectivity index (χ0v) is 9.60. The zero-order chi connectivity index (χ0) is 12.3. The Morgan fingerprint density at radius 2 is 2.06 bits per heavy atom. The Morgan fingerprint density at radius 1 is 1.44 bits per heavy atom. The number of aliphatic hydroxyl groups is 1. The van der Waals surface area contributed by atoms with E-state index in [1.807, 2.05) is 0 Å². The van der Waals surface area contributed by atoms with Gasteiger partial charge in [-0.3, -0.25) is 0 Å². The van der Waals surface area contributed by atoms with Crippen LogP contribution in [0.3, 0.4) is 0 Å². The van der Waals surface area contributed by atoms with E-state index >= 15 is 0 Å². The third-order valence-electron chi connectivity index (χ3n) is 2.73. The molecule has 1 aromatic carbocycles. The molecule has 0 aromatic heterocycles. The molecule has 0 aliphatic rings. The SMILES string of the molecule is COc1cccc(C(C)(C)C(O)C(=O)O)c1. The summed E-state index contributed by atoms with van der Waals surface area (Å²) < 4.78 is 5.06. The number of carboxylic acid groups (broad SMARTS) is 1. The van der Waals surface area contributed by atoms with Crippen molar-refractivity contribution in [3.05, 3.63) is 29.8 Å². The summed E-state index contributed by atoms with van der Waals surface area (Å²) >= 11 is 0. The lowest BCUT2D eigenvalue weighted by Gasteiger charge is -2.28. The number of aliphatic hydroxyl groups excluding tert-OH is 1. The largest absolute Gasteiger partial charge is 0.497 e. The molecule has 0 saturated heterocycles. The van der Waals surface area contributed by atoms with Gasteiger partial charge >= 0.3 is 5.97 Å². The quantitative estimate of drug-likeness (QED) is 0.811. The Bertz CT molecular complexity index is 384. The highest BCUT2D eigenvalue weighted by atomic mass is 16.5. The van der Waals surface area contributed by atoms with Crippen molar-refractivity contribution in [3.8, 4) is 5.75 Å². The van der Waals surface area contributed by atoms with E-state index in [-0.39, 0.29) is 0 Å². The third-order valence-corrected chi connectivity index (χ3v) is 2.73. The number of carboxylic acids is 1. The maximum absolute atomic E-state index is 10.8. The smallest absolute Gasteiger partial charge is 0.333 e. The van der Waals surface area contributed by atoms with E-state index in [4.69, 9.17) is 9.84 Å². The van der Waals surface area contributed by atoms with Crippen molar-refractivity contribution in [2.75, 3.05) is 7.11 Å². The van der Waals surface area contributed by atoms with Crippen molar-refractivity contribution in [1.29, 1.82) is 0 Å². The predicted molar refractivity (Wildman–Crippen MR) is 59.7 cm³/mol. The highest BCUT2D eigenvalue weighted by Crippen LogP contribution is 2.29. The predicted octanol–water partition coefficient (Wildman–Crippen LogP) is 1.42. The first-order valence-electron chi connectivity index (χ1n) is 4.95. The van der Waals surface area contributed by atoms with Crippen molar-refractivity contribution in [1.82, 2.24) is 0 Å². The Morgan fingerprint density at radius 3 is 2.56 bits per heavy atom. The van der Waals surface area contributed by atoms with Crippen molar-refractivity contribution in [2.24, 2.45) is 0 Å². The topological polar surface area (TPSA) is 66.8 Å². The van der Waals surface area contributed by atoms with Gasteiger partial charge in [-0.25, -0.2) is 4.79 Å².